The number of nitrogens with one attached hydrogen (secondary N) is 2. The Morgan fingerprint density at radius 3 is 2.39 bits per heavy atom. The largest absolute Gasteiger partial charge is 0.477 e. The fraction of sp³-hybridized carbons (Fsp3) is 0.370. The minimum absolute atomic E-state index is 0.0551. The van der Waals surface area contributed by atoms with Gasteiger partial charge in [0.05, 0.1) is 0 Å². The molecule has 6 nitrogen and oxygen atoms in total. The van der Waals surface area contributed by atoms with Gasteiger partial charge in [0.2, 0.25) is 11.6 Å². The molecule has 170 valence electrons. The van der Waals surface area contributed by atoms with Gasteiger partial charge in [-0.3, -0.25) is 9.59 Å². The van der Waals surface area contributed by atoms with Gasteiger partial charge < -0.3 is 15.7 Å². The van der Waals surface area contributed by atoms with Crippen molar-refractivity contribution < 1.29 is 19.5 Å². The number of carboxylic acids is 1. The van der Waals surface area contributed by atoms with E-state index in [2.05, 4.69) is 10.6 Å². The lowest BCUT2D eigenvalue weighted by molar-refractivity contribution is -0.133. The maximum Gasteiger partial charge on any atom is 0.352 e. The molecule has 6 heteroatoms. The van der Waals surface area contributed by atoms with E-state index in [4.69, 9.17) is 0 Å². The molecule has 0 radical (unpaired) electrons. The molecule has 2 saturated carbocycles. The molecule has 5 rings (SSSR count). The number of fused-ring (bicyclic) bond motifs is 2. The van der Waals surface area contributed by atoms with Crippen LogP contribution < -0.4 is 10.6 Å². The van der Waals surface area contributed by atoms with E-state index in [0.717, 1.165) is 43.4 Å². The van der Waals surface area contributed by atoms with Crippen molar-refractivity contribution in [2.45, 2.75) is 44.1 Å². The van der Waals surface area contributed by atoms with Crippen LogP contribution in [-0.4, -0.2) is 35.2 Å². The molecule has 3 atom stereocenters. The molecule has 0 amide bonds. The molecule has 0 aromatic heterocycles. The Balaban J connectivity index is 1.66. The summed E-state index contributed by atoms with van der Waals surface area (Å²) in [4.78, 5) is 39.6. The van der Waals surface area contributed by atoms with Crippen molar-refractivity contribution in [2.75, 3.05) is 11.9 Å². The van der Waals surface area contributed by atoms with Crippen LogP contribution in [0.2, 0.25) is 0 Å². The third-order valence-corrected chi connectivity index (χ3v) is 7.18. The molecular weight excluding hydrogens is 416 g/mol. The van der Waals surface area contributed by atoms with Crippen LogP contribution in [0.3, 0.4) is 0 Å². The van der Waals surface area contributed by atoms with Crippen LogP contribution in [0.25, 0.3) is 0 Å². The third kappa shape index (κ3) is 4.17. The Labute approximate surface area is 193 Å². The highest BCUT2D eigenvalue weighted by molar-refractivity contribution is 6.50. The molecule has 1 aliphatic heterocycles. The number of hydrogen-bond donors (Lipinski definition) is 3. The summed E-state index contributed by atoms with van der Waals surface area (Å²) in [6.45, 7) is 0.499. The maximum atomic E-state index is 13.8. The summed E-state index contributed by atoms with van der Waals surface area (Å²) in [5, 5.41) is 16.8. The Morgan fingerprint density at radius 1 is 0.939 bits per heavy atom. The van der Waals surface area contributed by atoms with Crippen molar-refractivity contribution in [2.24, 2.45) is 11.8 Å². The lowest BCUT2D eigenvalue weighted by atomic mass is 9.72. The number of aliphatic carboxylic acids is 1. The van der Waals surface area contributed by atoms with E-state index in [1.807, 2.05) is 24.3 Å². The van der Waals surface area contributed by atoms with Crippen LogP contribution in [-0.2, 0) is 9.59 Å². The van der Waals surface area contributed by atoms with Crippen molar-refractivity contribution in [3.63, 3.8) is 0 Å². The van der Waals surface area contributed by atoms with Gasteiger partial charge in [0.15, 0.2) is 0 Å². The zero-order chi connectivity index (χ0) is 22.9. The summed E-state index contributed by atoms with van der Waals surface area (Å²) in [6.07, 6.45) is 4.93. The number of para-hydroxylation sites is 1. The van der Waals surface area contributed by atoms with E-state index in [-0.39, 0.29) is 28.8 Å². The van der Waals surface area contributed by atoms with Gasteiger partial charge in [-0.15, -0.1) is 0 Å². The molecule has 0 saturated heterocycles. The number of anilines is 1. The Kier molecular flexibility index (Phi) is 5.75. The van der Waals surface area contributed by atoms with Crippen molar-refractivity contribution in [3.05, 3.63) is 77.0 Å². The average molecular weight is 445 g/mol. The van der Waals surface area contributed by atoms with Crippen LogP contribution in [0.15, 0.2) is 65.9 Å². The third-order valence-electron chi connectivity index (χ3n) is 7.18. The van der Waals surface area contributed by atoms with Crippen molar-refractivity contribution in [3.8, 4) is 0 Å². The highest BCUT2D eigenvalue weighted by atomic mass is 16.4. The number of carboxylic acid groups (broad SMARTS) is 1. The first kappa shape index (κ1) is 21.4. The smallest absolute Gasteiger partial charge is 0.352 e. The molecule has 1 unspecified atom stereocenters. The molecule has 0 spiro atoms. The van der Waals surface area contributed by atoms with Gasteiger partial charge in [0.25, 0.3) is 0 Å². The number of allylic oxidation sites excluding steroid dienone is 1. The molecule has 33 heavy (non-hydrogen) atoms. The second-order valence-corrected chi connectivity index (χ2v) is 9.35. The topological polar surface area (TPSA) is 95.5 Å². The summed E-state index contributed by atoms with van der Waals surface area (Å²) < 4.78 is 0. The normalized spacial score (nSPS) is 24.1. The molecule has 2 fully saturated rings. The molecule has 0 bridgehead atoms. The minimum Gasteiger partial charge on any atom is -0.477 e. The summed E-state index contributed by atoms with van der Waals surface area (Å²) in [6, 6.07) is 16.3. The number of ketones is 2. The van der Waals surface area contributed by atoms with Gasteiger partial charge >= 0.3 is 5.97 Å². The highest BCUT2D eigenvalue weighted by Crippen LogP contribution is 2.49. The molecule has 1 heterocycles. The molecular formula is C27H28N2O4. The Morgan fingerprint density at radius 2 is 1.67 bits per heavy atom. The van der Waals surface area contributed by atoms with Crippen molar-refractivity contribution in [1.82, 2.24) is 5.32 Å². The van der Waals surface area contributed by atoms with Crippen molar-refractivity contribution >= 4 is 23.2 Å². The van der Waals surface area contributed by atoms with Crippen LogP contribution in [0.4, 0.5) is 5.69 Å². The van der Waals surface area contributed by atoms with E-state index in [9.17, 15) is 19.5 Å². The fourth-order valence-corrected chi connectivity index (χ4v) is 5.37. The summed E-state index contributed by atoms with van der Waals surface area (Å²) in [5.74, 6) is -2.56. The number of hydrogen-bond acceptors (Lipinski definition) is 5. The number of carbonyl (C=O) groups is 3. The monoisotopic (exact) mass is 444 g/mol. The quantitative estimate of drug-likeness (QED) is 0.322. The maximum absolute atomic E-state index is 13.8. The first-order valence-electron chi connectivity index (χ1n) is 11.8. The van der Waals surface area contributed by atoms with Crippen LogP contribution in [0.5, 0.6) is 0 Å². The number of Topliss-reactive ketones (excluding diaryl/α,β-unsaturated/α-hetero) is 2. The van der Waals surface area contributed by atoms with Gasteiger partial charge in [0, 0.05) is 35.3 Å². The summed E-state index contributed by atoms with van der Waals surface area (Å²) in [7, 11) is 0. The lowest BCUT2D eigenvalue weighted by Crippen LogP contribution is -2.39. The molecule has 2 aliphatic carbocycles. The number of benzene rings is 2. The van der Waals surface area contributed by atoms with Crippen LogP contribution in [0.1, 0.15) is 53.9 Å². The fourth-order valence-electron chi connectivity index (χ4n) is 5.37. The molecule has 3 N–H and O–H groups in total. The predicted molar refractivity (Wildman–Crippen MR) is 125 cm³/mol. The Bertz CT molecular complexity index is 1120. The molecule has 2 aromatic carbocycles. The second kappa shape index (κ2) is 8.85. The highest BCUT2D eigenvalue weighted by Gasteiger charge is 2.45. The first-order valence-corrected chi connectivity index (χ1v) is 11.8. The van der Waals surface area contributed by atoms with Crippen LogP contribution in [0, 0.1) is 11.8 Å². The predicted octanol–water partition coefficient (Wildman–Crippen LogP) is 4.15. The Hall–Kier alpha value is -3.41. The average Bonchev–Trinajstić information content (AvgIpc) is 3.55. The molecule has 3 aliphatic rings. The molecule has 2 aromatic rings. The van der Waals surface area contributed by atoms with Crippen LogP contribution >= 0.6 is 0 Å². The second-order valence-electron chi connectivity index (χ2n) is 9.35. The zero-order valence-electron chi connectivity index (χ0n) is 18.4. The minimum atomic E-state index is -1.19. The van der Waals surface area contributed by atoms with E-state index in [1.54, 1.807) is 30.3 Å². The lowest BCUT2D eigenvalue weighted by Gasteiger charge is -2.38. The number of rotatable bonds is 8. The zero-order valence-corrected chi connectivity index (χ0v) is 18.4. The van der Waals surface area contributed by atoms with Gasteiger partial charge in [0.1, 0.15) is 5.70 Å². The summed E-state index contributed by atoms with van der Waals surface area (Å²) >= 11 is 0. The van der Waals surface area contributed by atoms with Gasteiger partial charge in [-0.05, 0) is 49.1 Å². The van der Waals surface area contributed by atoms with Gasteiger partial charge in [-0.2, -0.15) is 0 Å². The van der Waals surface area contributed by atoms with Gasteiger partial charge in [-0.1, -0.05) is 55.0 Å². The summed E-state index contributed by atoms with van der Waals surface area (Å²) in [5.41, 5.74) is 2.05. The van der Waals surface area contributed by atoms with Crippen molar-refractivity contribution in [1.29, 1.82) is 0 Å². The first-order chi connectivity index (χ1) is 16.0. The van der Waals surface area contributed by atoms with Gasteiger partial charge in [-0.25, -0.2) is 4.79 Å². The SMILES string of the molecule is O=C(O)C(NCC1CC1)=C(C(=O)C(=O)c1ccccc1)C1c2ccccc2N[C@@H]2CCC[C@H]12. The van der Waals surface area contributed by atoms with E-state index in [0.29, 0.717) is 12.5 Å². The number of carbonyl (C=O) groups excluding carboxylic acids is 2. The van der Waals surface area contributed by atoms with E-state index in [1.165, 1.54) is 0 Å². The van der Waals surface area contributed by atoms with E-state index >= 15 is 0 Å². The van der Waals surface area contributed by atoms with E-state index < -0.39 is 23.5 Å². The standard InChI is InChI=1S/C27H28N2O4/c30-25(17-7-2-1-3-8-17)26(31)23(24(27(32)33)28-15-16-13-14-16)22-18-9-4-5-11-20(18)29-21-12-6-10-19(21)22/h1-5,7-9,11,16,19,21-22,28-29H,6,10,12-15H2,(H,32,33)/t19-,21+,22?/m0/s1.